The molecule has 0 spiro atoms. The number of hydrogen-bond acceptors (Lipinski definition) is 3. The third-order valence-electron chi connectivity index (χ3n) is 3.90. The number of halogens is 1. The Morgan fingerprint density at radius 2 is 2.10 bits per heavy atom. The molecule has 0 atom stereocenters. The van der Waals surface area contributed by atoms with Crippen LogP contribution in [-0.2, 0) is 6.54 Å². The molecular weight excluding hydrogens is 316 g/mol. The number of nitrogens with one attached hydrogen (secondary N) is 1. The van der Waals surface area contributed by atoms with Crippen molar-refractivity contribution in [1.82, 2.24) is 5.32 Å². The largest absolute Gasteiger partial charge is 0.393 e. The summed E-state index contributed by atoms with van der Waals surface area (Å²) in [7, 11) is 2.15. The second-order valence-corrected chi connectivity index (χ2v) is 7.10. The van der Waals surface area contributed by atoms with Crippen molar-refractivity contribution in [3.63, 3.8) is 0 Å². The molecule has 1 aromatic carbocycles. The van der Waals surface area contributed by atoms with E-state index in [1.807, 2.05) is 0 Å². The number of rotatable bonds is 6. The lowest BCUT2D eigenvalue weighted by Gasteiger charge is -2.36. The van der Waals surface area contributed by atoms with E-state index < -0.39 is 0 Å². The molecule has 1 aliphatic carbocycles. The van der Waals surface area contributed by atoms with Gasteiger partial charge in [0.05, 0.1) is 6.10 Å². The first-order valence-electron chi connectivity index (χ1n) is 7.36. The Bertz CT molecular complexity index is 444. The Morgan fingerprint density at radius 1 is 1.40 bits per heavy atom. The fourth-order valence-corrected chi connectivity index (χ4v) is 3.13. The summed E-state index contributed by atoms with van der Waals surface area (Å²) in [5, 5.41) is 12.9. The van der Waals surface area contributed by atoms with Crippen LogP contribution in [0.5, 0.6) is 0 Å². The van der Waals surface area contributed by atoms with Gasteiger partial charge in [0.25, 0.3) is 0 Å². The van der Waals surface area contributed by atoms with Crippen molar-refractivity contribution in [1.29, 1.82) is 0 Å². The molecule has 0 aliphatic heterocycles. The van der Waals surface area contributed by atoms with E-state index in [1.165, 1.54) is 11.3 Å². The first-order valence-corrected chi connectivity index (χ1v) is 8.16. The maximum absolute atomic E-state index is 9.40. The summed E-state index contributed by atoms with van der Waals surface area (Å²) in [4.78, 5) is 2.32. The molecule has 0 bridgehead atoms. The first kappa shape index (κ1) is 15.8. The zero-order chi connectivity index (χ0) is 14.7. The molecule has 3 nitrogen and oxygen atoms in total. The smallest absolute Gasteiger partial charge is 0.0546 e. The topological polar surface area (TPSA) is 35.5 Å². The van der Waals surface area contributed by atoms with Gasteiger partial charge in [-0.3, -0.25) is 0 Å². The molecule has 1 aliphatic rings. The lowest BCUT2D eigenvalue weighted by molar-refractivity contribution is 0.0464. The van der Waals surface area contributed by atoms with Gasteiger partial charge in [0.2, 0.25) is 0 Å². The van der Waals surface area contributed by atoms with E-state index in [0.29, 0.717) is 12.0 Å². The molecule has 20 heavy (non-hydrogen) atoms. The third kappa shape index (κ3) is 4.21. The molecule has 2 N–H and O–H groups in total. The minimum atomic E-state index is -0.0691. The minimum absolute atomic E-state index is 0.0691. The highest BCUT2D eigenvalue weighted by atomic mass is 79.9. The molecule has 0 aromatic heterocycles. The van der Waals surface area contributed by atoms with Crippen LogP contribution in [0.2, 0.25) is 0 Å². The van der Waals surface area contributed by atoms with Gasteiger partial charge >= 0.3 is 0 Å². The summed E-state index contributed by atoms with van der Waals surface area (Å²) in [5.74, 6) is 0.629. The summed E-state index contributed by atoms with van der Waals surface area (Å²) >= 11 is 3.56. The summed E-state index contributed by atoms with van der Waals surface area (Å²) in [6, 6.07) is 6.95. The van der Waals surface area contributed by atoms with Crippen molar-refractivity contribution in [2.24, 2.45) is 5.92 Å². The summed E-state index contributed by atoms with van der Waals surface area (Å²) < 4.78 is 1.12. The Labute approximate surface area is 130 Å². The van der Waals surface area contributed by atoms with E-state index in [-0.39, 0.29) is 6.10 Å². The van der Waals surface area contributed by atoms with Crippen molar-refractivity contribution in [2.45, 2.75) is 45.4 Å². The molecule has 0 amide bonds. The lowest BCUT2D eigenvalue weighted by Crippen LogP contribution is -2.37. The van der Waals surface area contributed by atoms with Gasteiger partial charge in [-0.25, -0.2) is 0 Å². The van der Waals surface area contributed by atoms with Crippen molar-refractivity contribution in [3.05, 3.63) is 28.2 Å². The van der Waals surface area contributed by atoms with Gasteiger partial charge in [-0.15, -0.1) is 0 Å². The van der Waals surface area contributed by atoms with Crippen LogP contribution in [0.1, 0.15) is 32.3 Å². The molecule has 0 radical (unpaired) electrons. The molecule has 112 valence electrons. The molecule has 0 unspecified atom stereocenters. The van der Waals surface area contributed by atoms with E-state index in [4.69, 9.17) is 0 Å². The maximum Gasteiger partial charge on any atom is 0.0546 e. The SMILES string of the molecule is CC(C)NCc1cc(Br)ccc1N(C)CC1CC(O)C1. The highest BCUT2D eigenvalue weighted by Crippen LogP contribution is 2.31. The molecule has 4 heteroatoms. The normalized spacial score (nSPS) is 21.9. The quantitative estimate of drug-likeness (QED) is 0.834. The molecule has 0 saturated heterocycles. The van der Waals surface area contributed by atoms with Crippen LogP contribution in [0.15, 0.2) is 22.7 Å². The van der Waals surface area contributed by atoms with Gasteiger partial charge in [-0.1, -0.05) is 29.8 Å². The average Bonchev–Trinajstić information content (AvgIpc) is 2.34. The van der Waals surface area contributed by atoms with Gasteiger partial charge in [-0.2, -0.15) is 0 Å². The fourth-order valence-electron chi connectivity index (χ4n) is 2.72. The molecular formula is C16H25BrN2O. The van der Waals surface area contributed by atoms with Crippen LogP contribution >= 0.6 is 15.9 Å². The number of nitrogens with zero attached hydrogens (tertiary/aromatic N) is 1. The Balaban J connectivity index is 2.04. The number of benzene rings is 1. The van der Waals surface area contributed by atoms with Gasteiger partial charge in [0.15, 0.2) is 0 Å². The number of aliphatic hydroxyl groups is 1. The van der Waals surface area contributed by atoms with Gasteiger partial charge < -0.3 is 15.3 Å². The van der Waals surface area contributed by atoms with Crippen molar-refractivity contribution in [2.75, 3.05) is 18.5 Å². The first-order chi connectivity index (χ1) is 9.45. The molecule has 2 rings (SSSR count). The van der Waals surface area contributed by atoms with Crippen LogP contribution in [0.25, 0.3) is 0 Å². The predicted molar refractivity (Wildman–Crippen MR) is 88.1 cm³/mol. The van der Waals surface area contributed by atoms with E-state index in [0.717, 1.165) is 30.4 Å². The Kier molecular flexibility index (Phi) is 5.47. The number of hydrogen-bond donors (Lipinski definition) is 2. The highest BCUT2D eigenvalue weighted by Gasteiger charge is 2.28. The lowest BCUT2D eigenvalue weighted by atomic mass is 9.82. The summed E-state index contributed by atoms with van der Waals surface area (Å²) in [6.07, 6.45) is 1.82. The second kappa shape index (κ2) is 6.92. The van der Waals surface area contributed by atoms with Gasteiger partial charge in [0, 0.05) is 36.3 Å². The third-order valence-corrected chi connectivity index (χ3v) is 4.39. The number of aliphatic hydroxyl groups excluding tert-OH is 1. The molecule has 1 saturated carbocycles. The van der Waals surface area contributed by atoms with Crippen LogP contribution in [-0.4, -0.2) is 30.8 Å². The molecule has 1 aromatic rings. The average molecular weight is 341 g/mol. The zero-order valence-electron chi connectivity index (χ0n) is 12.6. The van der Waals surface area contributed by atoms with Crippen LogP contribution < -0.4 is 10.2 Å². The van der Waals surface area contributed by atoms with E-state index in [1.54, 1.807) is 0 Å². The Morgan fingerprint density at radius 3 is 2.70 bits per heavy atom. The summed E-state index contributed by atoms with van der Waals surface area (Å²) in [6.45, 7) is 6.23. The molecule has 0 heterocycles. The second-order valence-electron chi connectivity index (χ2n) is 6.18. The highest BCUT2D eigenvalue weighted by molar-refractivity contribution is 9.10. The van der Waals surface area contributed by atoms with Crippen LogP contribution in [0, 0.1) is 5.92 Å². The Hall–Kier alpha value is -0.580. The fraction of sp³-hybridized carbons (Fsp3) is 0.625. The standard InChI is InChI=1S/C16H25BrN2O/c1-11(2)18-9-13-8-14(17)4-5-16(13)19(3)10-12-6-15(20)7-12/h4-5,8,11-12,15,18,20H,6-7,9-10H2,1-3H3. The maximum atomic E-state index is 9.40. The van der Waals surface area contributed by atoms with E-state index >= 15 is 0 Å². The monoisotopic (exact) mass is 340 g/mol. The zero-order valence-corrected chi connectivity index (χ0v) is 14.2. The number of anilines is 1. The summed E-state index contributed by atoms with van der Waals surface area (Å²) in [5.41, 5.74) is 2.60. The van der Waals surface area contributed by atoms with Gasteiger partial charge in [0.1, 0.15) is 0 Å². The van der Waals surface area contributed by atoms with Crippen molar-refractivity contribution in [3.8, 4) is 0 Å². The minimum Gasteiger partial charge on any atom is -0.393 e. The van der Waals surface area contributed by atoms with Crippen molar-refractivity contribution < 1.29 is 5.11 Å². The van der Waals surface area contributed by atoms with Crippen molar-refractivity contribution >= 4 is 21.6 Å². The van der Waals surface area contributed by atoms with E-state index in [2.05, 4.69) is 65.2 Å². The predicted octanol–water partition coefficient (Wildman–Crippen LogP) is 3.15. The van der Waals surface area contributed by atoms with Gasteiger partial charge in [-0.05, 0) is 42.5 Å². The van der Waals surface area contributed by atoms with Crippen LogP contribution in [0.3, 0.4) is 0 Å². The van der Waals surface area contributed by atoms with Crippen LogP contribution in [0.4, 0.5) is 5.69 Å². The molecule has 1 fully saturated rings. The van der Waals surface area contributed by atoms with E-state index in [9.17, 15) is 5.11 Å².